The van der Waals surface area contributed by atoms with Crippen LogP contribution in [0.2, 0.25) is 0 Å². The number of hydrogen-bond acceptors (Lipinski definition) is 8. The standard InChI is InChI=1S/C13H21N5O7S/c14-9-3-1-2-8(9)11(19)17(15)12(20)10-5-4-7-6-16(10)13(21)18(7)25-26(22,23)24/h7-10H,1-6,14-15H2,(H,22,23,24)/t7?,8-,9-,10?/m1/s1. The molecule has 5 N–H and O–H groups in total. The molecule has 0 aromatic heterocycles. The van der Waals surface area contributed by atoms with Crippen LogP contribution in [0.1, 0.15) is 32.1 Å². The molecule has 0 radical (unpaired) electrons. The van der Waals surface area contributed by atoms with Crippen molar-refractivity contribution >= 4 is 28.2 Å². The highest BCUT2D eigenvalue weighted by Crippen LogP contribution is 2.32. The number of piperidine rings is 1. The molecule has 2 unspecified atom stereocenters. The predicted molar refractivity (Wildman–Crippen MR) is 84.7 cm³/mol. The Hall–Kier alpha value is -1.80. The number of hydrazine groups is 1. The van der Waals surface area contributed by atoms with Gasteiger partial charge in [-0.1, -0.05) is 6.42 Å². The summed E-state index contributed by atoms with van der Waals surface area (Å²) >= 11 is 0. The first-order chi connectivity index (χ1) is 12.1. The number of rotatable bonds is 4. The van der Waals surface area contributed by atoms with Gasteiger partial charge in [-0.25, -0.2) is 15.6 Å². The molecule has 13 heteroatoms. The fourth-order valence-electron chi connectivity index (χ4n) is 3.83. The molecule has 26 heavy (non-hydrogen) atoms. The van der Waals surface area contributed by atoms with Crippen molar-refractivity contribution in [1.29, 1.82) is 0 Å². The van der Waals surface area contributed by atoms with Crippen LogP contribution in [0.5, 0.6) is 0 Å². The lowest BCUT2D eigenvalue weighted by atomic mass is 9.99. The summed E-state index contributed by atoms with van der Waals surface area (Å²) in [5.41, 5.74) is 5.87. The Morgan fingerprint density at radius 2 is 1.88 bits per heavy atom. The van der Waals surface area contributed by atoms with Crippen molar-refractivity contribution in [2.24, 2.45) is 17.5 Å². The average molecular weight is 391 g/mol. The molecule has 4 amide bonds. The first kappa shape index (κ1) is 19.0. The number of imide groups is 1. The van der Waals surface area contributed by atoms with Gasteiger partial charge in [0.1, 0.15) is 6.04 Å². The molecular formula is C13H21N5O7S. The molecule has 0 aromatic rings. The molecule has 1 saturated carbocycles. The summed E-state index contributed by atoms with van der Waals surface area (Å²) in [5, 5.41) is 1.04. The maximum Gasteiger partial charge on any atom is 0.418 e. The fraction of sp³-hybridized carbons (Fsp3) is 0.769. The zero-order valence-corrected chi connectivity index (χ0v) is 14.7. The van der Waals surface area contributed by atoms with E-state index in [1.54, 1.807) is 0 Å². The Balaban J connectivity index is 1.71. The summed E-state index contributed by atoms with van der Waals surface area (Å²) in [6.07, 6.45) is 2.43. The van der Waals surface area contributed by atoms with Crippen LogP contribution < -0.4 is 11.6 Å². The lowest BCUT2D eigenvalue weighted by molar-refractivity contribution is -0.151. The highest BCUT2D eigenvalue weighted by atomic mass is 32.3. The third-order valence-corrected chi connectivity index (χ3v) is 5.49. The zero-order valence-electron chi connectivity index (χ0n) is 13.9. The minimum atomic E-state index is -4.87. The molecular weight excluding hydrogens is 370 g/mol. The third kappa shape index (κ3) is 3.40. The summed E-state index contributed by atoms with van der Waals surface area (Å²) in [4.78, 5) is 38.5. The summed E-state index contributed by atoms with van der Waals surface area (Å²) in [7, 11) is -4.87. The molecule has 2 heterocycles. The van der Waals surface area contributed by atoms with Crippen LogP contribution in [-0.4, -0.2) is 70.5 Å². The van der Waals surface area contributed by atoms with E-state index in [4.69, 9.17) is 16.1 Å². The monoisotopic (exact) mass is 391 g/mol. The van der Waals surface area contributed by atoms with E-state index in [9.17, 15) is 22.8 Å². The molecule has 12 nitrogen and oxygen atoms in total. The maximum atomic E-state index is 12.6. The second kappa shape index (κ2) is 6.74. The number of carbonyl (C=O) groups is 3. The third-order valence-electron chi connectivity index (χ3n) is 5.14. The first-order valence-corrected chi connectivity index (χ1v) is 9.61. The lowest BCUT2D eigenvalue weighted by Crippen LogP contribution is -2.57. The van der Waals surface area contributed by atoms with Gasteiger partial charge in [-0.3, -0.25) is 14.1 Å². The number of fused-ring (bicyclic) bond motifs is 2. The number of nitrogens with zero attached hydrogens (tertiary/aromatic N) is 3. The van der Waals surface area contributed by atoms with Crippen LogP contribution in [0.25, 0.3) is 0 Å². The van der Waals surface area contributed by atoms with Crippen LogP contribution >= 0.6 is 0 Å². The van der Waals surface area contributed by atoms with Crippen molar-refractivity contribution in [3.63, 3.8) is 0 Å². The van der Waals surface area contributed by atoms with Crippen LogP contribution in [0.3, 0.4) is 0 Å². The van der Waals surface area contributed by atoms with E-state index in [1.807, 2.05) is 0 Å². The maximum absolute atomic E-state index is 12.6. The molecule has 4 atom stereocenters. The molecule has 3 fully saturated rings. The average Bonchev–Trinajstić information content (AvgIpc) is 3.10. The minimum absolute atomic E-state index is 0.0235. The Morgan fingerprint density at radius 3 is 2.46 bits per heavy atom. The SMILES string of the molecule is N[C@@H]1CCC[C@H]1C(=O)N(N)C(=O)C1CCC2CN1C(=O)N2OS(=O)(=O)O. The normalized spacial score (nSPS) is 31.4. The predicted octanol–water partition coefficient (Wildman–Crippen LogP) is -1.65. The molecule has 0 aromatic carbocycles. The first-order valence-electron chi connectivity index (χ1n) is 8.25. The Morgan fingerprint density at radius 1 is 1.19 bits per heavy atom. The number of hydroxylamine groups is 2. The van der Waals surface area contributed by atoms with E-state index in [-0.39, 0.29) is 25.4 Å². The molecule has 1 aliphatic carbocycles. The lowest BCUT2D eigenvalue weighted by Gasteiger charge is -2.32. The minimum Gasteiger partial charge on any atom is -0.327 e. The van der Waals surface area contributed by atoms with Gasteiger partial charge in [-0.05, 0) is 25.7 Å². The molecule has 146 valence electrons. The van der Waals surface area contributed by atoms with Crippen molar-refractivity contribution in [3.8, 4) is 0 Å². The van der Waals surface area contributed by atoms with Gasteiger partial charge in [0.25, 0.3) is 5.91 Å². The van der Waals surface area contributed by atoms with E-state index >= 15 is 0 Å². The fourth-order valence-corrected chi connectivity index (χ4v) is 4.22. The van der Waals surface area contributed by atoms with Crippen molar-refractivity contribution in [2.45, 2.75) is 50.2 Å². The molecule has 2 bridgehead atoms. The highest BCUT2D eigenvalue weighted by Gasteiger charge is 2.50. The Kier molecular flexibility index (Phi) is 4.92. The van der Waals surface area contributed by atoms with E-state index in [1.165, 1.54) is 0 Å². The van der Waals surface area contributed by atoms with Gasteiger partial charge in [0.15, 0.2) is 0 Å². The summed E-state index contributed by atoms with van der Waals surface area (Å²) < 4.78 is 34.8. The Labute approximate surface area is 149 Å². The summed E-state index contributed by atoms with van der Waals surface area (Å²) in [5.74, 6) is 3.83. The van der Waals surface area contributed by atoms with Gasteiger partial charge in [-0.15, -0.1) is 4.28 Å². The van der Waals surface area contributed by atoms with Crippen molar-refractivity contribution in [2.75, 3.05) is 6.54 Å². The number of carbonyl (C=O) groups excluding carboxylic acids is 3. The number of hydrogen-bond donors (Lipinski definition) is 3. The van der Waals surface area contributed by atoms with Gasteiger partial charge in [0.2, 0.25) is 5.91 Å². The molecule has 2 saturated heterocycles. The van der Waals surface area contributed by atoms with Crippen molar-refractivity contribution in [1.82, 2.24) is 15.0 Å². The smallest absolute Gasteiger partial charge is 0.327 e. The van der Waals surface area contributed by atoms with E-state index in [2.05, 4.69) is 4.28 Å². The number of nitrogens with two attached hydrogens (primary N) is 2. The van der Waals surface area contributed by atoms with Crippen LogP contribution in [0.4, 0.5) is 4.79 Å². The van der Waals surface area contributed by atoms with Crippen molar-refractivity contribution < 1.29 is 31.6 Å². The molecule has 2 aliphatic heterocycles. The zero-order chi connectivity index (χ0) is 19.2. The van der Waals surface area contributed by atoms with Gasteiger partial charge in [0.05, 0.1) is 12.0 Å². The van der Waals surface area contributed by atoms with E-state index in [0.29, 0.717) is 22.9 Å². The number of amides is 4. The van der Waals surface area contributed by atoms with Gasteiger partial charge in [0, 0.05) is 12.6 Å². The molecule has 0 spiro atoms. The largest absolute Gasteiger partial charge is 0.418 e. The quantitative estimate of drug-likeness (QED) is 0.166. The van der Waals surface area contributed by atoms with Crippen molar-refractivity contribution in [3.05, 3.63) is 0 Å². The van der Waals surface area contributed by atoms with Crippen LogP contribution in [-0.2, 0) is 24.3 Å². The van der Waals surface area contributed by atoms with Gasteiger partial charge in [-0.2, -0.15) is 13.5 Å². The van der Waals surface area contributed by atoms with Crippen LogP contribution in [0.15, 0.2) is 0 Å². The molecule has 3 aliphatic rings. The van der Waals surface area contributed by atoms with E-state index < -0.39 is 46.2 Å². The highest BCUT2D eigenvalue weighted by molar-refractivity contribution is 7.80. The molecule has 3 rings (SSSR count). The Bertz CT molecular complexity index is 728. The topological polar surface area (TPSA) is 177 Å². The van der Waals surface area contributed by atoms with Gasteiger partial charge >= 0.3 is 16.4 Å². The summed E-state index contributed by atoms with van der Waals surface area (Å²) in [6, 6.07) is -2.88. The second-order valence-electron chi connectivity index (χ2n) is 6.76. The van der Waals surface area contributed by atoms with E-state index in [0.717, 1.165) is 11.3 Å². The van der Waals surface area contributed by atoms with Crippen LogP contribution in [0, 0.1) is 5.92 Å². The van der Waals surface area contributed by atoms with Gasteiger partial charge < -0.3 is 10.6 Å². The summed E-state index contributed by atoms with van der Waals surface area (Å²) in [6.45, 7) is 0.0235. The number of urea groups is 1. The second-order valence-corrected chi connectivity index (χ2v) is 7.76.